The van der Waals surface area contributed by atoms with Crippen molar-refractivity contribution in [1.29, 1.82) is 0 Å². The highest BCUT2D eigenvalue weighted by molar-refractivity contribution is 6.35. The second kappa shape index (κ2) is 11.2. The van der Waals surface area contributed by atoms with Gasteiger partial charge in [-0.1, -0.05) is 60.0 Å². The number of unbranched alkanes of at least 4 members (excludes halogenated alkanes) is 1. The lowest BCUT2D eigenvalue weighted by atomic mass is 10.0. The van der Waals surface area contributed by atoms with E-state index in [0.29, 0.717) is 15.7 Å². The van der Waals surface area contributed by atoms with Crippen molar-refractivity contribution < 1.29 is 4.79 Å². The minimum absolute atomic E-state index is 0.163. The molecular weight excluding hydrogens is 455 g/mol. The molecule has 1 aliphatic heterocycles. The fraction of sp³-hybridized carbons (Fsp3) is 0.385. The van der Waals surface area contributed by atoms with Crippen LogP contribution in [0.15, 0.2) is 48.5 Å². The van der Waals surface area contributed by atoms with Gasteiger partial charge in [0, 0.05) is 29.4 Å². The number of benzene rings is 2. The zero-order chi connectivity index (χ0) is 23.2. The number of halogens is 2. The number of piperidine rings is 1. The molecule has 0 saturated carbocycles. The molecule has 0 bridgehead atoms. The smallest absolute Gasteiger partial charge is 0.283 e. The van der Waals surface area contributed by atoms with E-state index in [1.165, 1.54) is 12.0 Å². The highest BCUT2D eigenvalue weighted by Crippen LogP contribution is 2.28. The quantitative estimate of drug-likeness (QED) is 0.388. The molecule has 3 aromatic rings. The summed E-state index contributed by atoms with van der Waals surface area (Å²) in [6, 6.07) is 15.9. The molecule has 0 unspecified atom stereocenters. The molecule has 2 aromatic carbocycles. The number of amides is 1. The van der Waals surface area contributed by atoms with E-state index in [1.54, 1.807) is 12.1 Å². The lowest BCUT2D eigenvalue weighted by Gasteiger charge is -2.26. The van der Waals surface area contributed by atoms with Gasteiger partial charge in [-0.25, -0.2) is 9.69 Å². The van der Waals surface area contributed by atoms with Crippen LogP contribution in [0, 0.1) is 6.92 Å². The molecule has 7 heteroatoms. The number of nitrogens with zero attached hydrogens (tertiary/aromatic N) is 3. The Bertz CT molecular complexity index is 1090. The van der Waals surface area contributed by atoms with Crippen molar-refractivity contribution in [2.45, 2.75) is 51.9 Å². The molecule has 1 N–H and O–H groups in total. The van der Waals surface area contributed by atoms with E-state index in [-0.39, 0.29) is 5.91 Å². The maximum Gasteiger partial charge on any atom is 0.286 e. The van der Waals surface area contributed by atoms with Gasteiger partial charge >= 0.3 is 0 Å². The van der Waals surface area contributed by atoms with Crippen LogP contribution in [0.25, 0.3) is 5.69 Å². The van der Waals surface area contributed by atoms with Crippen LogP contribution in [0.2, 0.25) is 10.0 Å². The van der Waals surface area contributed by atoms with Crippen molar-refractivity contribution in [3.8, 4) is 5.69 Å². The van der Waals surface area contributed by atoms with Crippen molar-refractivity contribution in [2.75, 3.05) is 13.1 Å². The third-order valence-corrected chi connectivity index (χ3v) is 6.72. The Morgan fingerprint density at radius 2 is 1.73 bits per heavy atom. The van der Waals surface area contributed by atoms with Gasteiger partial charge in [0.1, 0.15) is 0 Å². The first kappa shape index (κ1) is 23.8. The fourth-order valence-electron chi connectivity index (χ4n) is 4.36. The maximum atomic E-state index is 13.1. The van der Waals surface area contributed by atoms with Crippen molar-refractivity contribution in [1.82, 2.24) is 20.2 Å². The molecule has 2 heterocycles. The average Bonchev–Trinajstić information content (AvgIpc) is 3.14. The van der Waals surface area contributed by atoms with E-state index in [2.05, 4.69) is 29.7 Å². The summed E-state index contributed by atoms with van der Waals surface area (Å²) >= 11 is 12.6. The first-order valence-corrected chi connectivity index (χ1v) is 12.4. The monoisotopic (exact) mass is 484 g/mol. The lowest BCUT2D eigenvalue weighted by Crippen LogP contribution is -2.45. The molecule has 1 aromatic heterocycles. The Hall–Kier alpha value is -2.34. The third kappa shape index (κ3) is 5.97. The molecule has 0 spiro atoms. The predicted molar refractivity (Wildman–Crippen MR) is 134 cm³/mol. The standard InChI is InChI=1S/C26H30Cl2N4O/c1-19-23(13-7-6-12-20-10-4-2-5-11-20)32(24-15-14-21(27)18-22(24)28)29-25(19)26(33)30-31-16-8-3-9-17-31/h2,4-5,10-11,14-15,18H,3,6-9,12-13,16-17H2,1H3,(H,30,33). The van der Waals surface area contributed by atoms with Gasteiger partial charge in [-0.3, -0.25) is 10.2 Å². The Morgan fingerprint density at radius 3 is 2.45 bits per heavy atom. The van der Waals surface area contributed by atoms with Gasteiger partial charge in [0.15, 0.2) is 5.69 Å². The van der Waals surface area contributed by atoms with Crippen LogP contribution in [-0.2, 0) is 12.8 Å². The minimum Gasteiger partial charge on any atom is -0.283 e. The molecule has 174 valence electrons. The predicted octanol–water partition coefficient (Wildman–Crippen LogP) is 6.18. The number of aryl methyl sites for hydroxylation is 1. The van der Waals surface area contributed by atoms with Crippen LogP contribution in [-0.4, -0.2) is 33.8 Å². The molecule has 1 fully saturated rings. The molecule has 0 aliphatic carbocycles. The summed E-state index contributed by atoms with van der Waals surface area (Å²) in [5.74, 6) is -0.163. The van der Waals surface area contributed by atoms with Crippen LogP contribution in [0.5, 0.6) is 0 Å². The van der Waals surface area contributed by atoms with Crippen molar-refractivity contribution >= 4 is 29.1 Å². The highest BCUT2D eigenvalue weighted by Gasteiger charge is 2.23. The van der Waals surface area contributed by atoms with Crippen LogP contribution >= 0.6 is 23.2 Å². The SMILES string of the molecule is Cc1c(C(=O)NN2CCCCC2)nn(-c2ccc(Cl)cc2Cl)c1CCCCc1ccccc1. The number of nitrogens with one attached hydrogen (secondary N) is 1. The fourth-order valence-corrected chi connectivity index (χ4v) is 4.85. The molecular formula is C26H30Cl2N4O. The third-order valence-electron chi connectivity index (χ3n) is 6.18. The lowest BCUT2D eigenvalue weighted by molar-refractivity contribution is 0.0743. The molecule has 1 aliphatic rings. The number of carbonyl (C=O) groups is 1. The number of carbonyl (C=O) groups excluding carboxylic acids is 1. The zero-order valence-corrected chi connectivity index (χ0v) is 20.5. The van der Waals surface area contributed by atoms with Gasteiger partial charge in [-0.05, 0) is 69.2 Å². The van der Waals surface area contributed by atoms with Gasteiger partial charge < -0.3 is 0 Å². The Balaban J connectivity index is 1.56. The summed E-state index contributed by atoms with van der Waals surface area (Å²) in [5.41, 5.74) is 7.48. The minimum atomic E-state index is -0.163. The van der Waals surface area contributed by atoms with E-state index in [0.717, 1.165) is 68.6 Å². The first-order chi connectivity index (χ1) is 16.0. The number of hydrazine groups is 1. The second-order valence-electron chi connectivity index (χ2n) is 8.61. The van der Waals surface area contributed by atoms with Crippen LogP contribution in [0.3, 0.4) is 0 Å². The van der Waals surface area contributed by atoms with Crippen molar-refractivity contribution in [3.05, 3.63) is 81.1 Å². The second-order valence-corrected chi connectivity index (χ2v) is 9.45. The summed E-state index contributed by atoms with van der Waals surface area (Å²) in [6.07, 6.45) is 7.28. The molecule has 5 nitrogen and oxygen atoms in total. The summed E-state index contributed by atoms with van der Waals surface area (Å²) in [5, 5.41) is 7.80. The summed E-state index contributed by atoms with van der Waals surface area (Å²) < 4.78 is 1.82. The Morgan fingerprint density at radius 1 is 1.00 bits per heavy atom. The van der Waals surface area contributed by atoms with Gasteiger partial charge in [0.2, 0.25) is 0 Å². The first-order valence-electron chi connectivity index (χ1n) is 11.7. The van der Waals surface area contributed by atoms with E-state index >= 15 is 0 Å². The van der Waals surface area contributed by atoms with Crippen LogP contribution < -0.4 is 5.43 Å². The van der Waals surface area contributed by atoms with Gasteiger partial charge in [0.25, 0.3) is 5.91 Å². The zero-order valence-electron chi connectivity index (χ0n) is 19.0. The number of hydrogen-bond donors (Lipinski definition) is 1. The van der Waals surface area contributed by atoms with Gasteiger partial charge in [0.05, 0.1) is 10.7 Å². The molecule has 33 heavy (non-hydrogen) atoms. The van der Waals surface area contributed by atoms with Gasteiger partial charge in [-0.2, -0.15) is 5.10 Å². The molecule has 0 radical (unpaired) electrons. The molecule has 1 saturated heterocycles. The highest BCUT2D eigenvalue weighted by atomic mass is 35.5. The van der Waals surface area contributed by atoms with Crippen LogP contribution in [0.1, 0.15) is 59.4 Å². The molecule has 1 amide bonds. The number of aromatic nitrogens is 2. The Labute approximate surface area is 205 Å². The van der Waals surface area contributed by atoms with Gasteiger partial charge in [-0.15, -0.1) is 0 Å². The van der Waals surface area contributed by atoms with E-state index in [1.807, 2.05) is 28.7 Å². The van der Waals surface area contributed by atoms with Crippen LogP contribution in [0.4, 0.5) is 0 Å². The summed E-state index contributed by atoms with van der Waals surface area (Å²) in [6.45, 7) is 3.73. The van der Waals surface area contributed by atoms with E-state index in [9.17, 15) is 4.79 Å². The average molecular weight is 485 g/mol. The molecule has 0 atom stereocenters. The normalized spacial score (nSPS) is 14.4. The largest absolute Gasteiger partial charge is 0.286 e. The van der Waals surface area contributed by atoms with Crippen molar-refractivity contribution in [2.24, 2.45) is 0 Å². The molecule has 4 rings (SSSR count). The maximum absolute atomic E-state index is 13.1. The number of rotatable bonds is 8. The van der Waals surface area contributed by atoms with E-state index < -0.39 is 0 Å². The summed E-state index contributed by atoms with van der Waals surface area (Å²) in [7, 11) is 0. The topological polar surface area (TPSA) is 50.2 Å². The van der Waals surface area contributed by atoms with Crippen molar-refractivity contribution in [3.63, 3.8) is 0 Å². The Kier molecular flexibility index (Phi) is 8.07. The number of hydrogen-bond acceptors (Lipinski definition) is 3. The van der Waals surface area contributed by atoms with E-state index in [4.69, 9.17) is 28.3 Å². The summed E-state index contributed by atoms with van der Waals surface area (Å²) in [4.78, 5) is 13.1.